The van der Waals surface area contributed by atoms with Gasteiger partial charge in [0.15, 0.2) is 0 Å². The molecule has 0 saturated carbocycles. The van der Waals surface area contributed by atoms with Crippen molar-refractivity contribution in [2.45, 2.75) is 19.4 Å². The largest absolute Gasteiger partial charge is 0.490 e. The van der Waals surface area contributed by atoms with E-state index in [2.05, 4.69) is 18.6 Å². The van der Waals surface area contributed by atoms with Crippen LogP contribution < -0.4 is 4.74 Å². The Kier molecular flexibility index (Phi) is 3.13. The molecular formula is C10H13NOS2. The highest BCUT2D eigenvalue weighted by Crippen LogP contribution is 2.31. The Morgan fingerprint density at radius 1 is 1.71 bits per heavy atom. The van der Waals surface area contributed by atoms with Crippen LogP contribution in [-0.4, -0.2) is 23.9 Å². The summed E-state index contributed by atoms with van der Waals surface area (Å²) in [6.07, 6.45) is 3.11. The summed E-state index contributed by atoms with van der Waals surface area (Å²) in [4.78, 5) is 5.88. The standard InChI is InChI=1S/C10H13NOS2/c1-3-7-6-12-8-4-5-14-9(8)10(11-7)13-2/h4-5,7H,3,6H2,1-2H3. The van der Waals surface area contributed by atoms with Crippen molar-refractivity contribution in [2.75, 3.05) is 12.9 Å². The van der Waals surface area contributed by atoms with Crippen LogP contribution in [0.1, 0.15) is 18.2 Å². The quantitative estimate of drug-likeness (QED) is 0.735. The van der Waals surface area contributed by atoms with Gasteiger partial charge in [-0.25, -0.2) is 0 Å². The van der Waals surface area contributed by atoms with Crippen molar-refractivity contribution < 1.29 is 4.74 Å². The Labute approximate surface area is 92.4 Å². The van der Waals surface area contributed by atoms with Crippen molar-refractivity contribution in [3.8, 4) is 5.75 Å². The van der Waals surface area contributed by atoms with Crippen LogP contribution in [0, 0.1) is 0 Å². The Hall–Kier alpha value is -0.480. The first-order valence-corrected chi connectivity index (χ1v) is 6.78. The van der Waals surface area contributed by atoms with Crippen LogP contribution in [0.3, 0.4) is 0 Å². The molecule has 1 aromatic heterocycles. The minimum Gasteiger partial charge on any atom is -0.490 e. The predicted molar refractivity (Wildman–Crippen MR) is 63.9 cm³/mol. The zero-order valence-corrected chi connectivity index (χ0v) is 9.95. The van der Waals surface area contributed by atoms with E-state index in [4.69, 9.17) is 9.73 Å². The molecule has 0 radical (unpaired) electrons. The maximum absolute atomic E-state index is 5.71. The van der Waals surface area contributed by atoms with Gasteiger partial charge in [0, 0.05) is 0 Å². The van der Waals surface area contributed by atoms with Crippen LogP contribution in [0.15, 0.2) is 16.4 Å². The first kappa shape index (κ1) is 10.1. The number of ether oxygens (including phenoxy) is 1. The second kappa shape index (κ2) is 4.36. The first-order chi connectivity index (χ1) is 6.85. The molecule has 2 heterocycles. The zero-order chi connectivity index (χ0) is 9.97. The van der Waals surface area contributed by atoms with E-state index in [0.717, 1.165) is 17.2 Å². The van der Waals surface area contributed by atoms with E-state index >= 15 is 0 Å². The van der Waals surface area contributed by atoms with Crippen LogP contribution in [-0.2, 0) is 0 Å². The minimum atomic E-state index is 0.317. The Balaban J connectivity index is 2.36. The van der Waals surface area contributed by atoms with Gasteiger partial charge in [0.2, 0.25) is 0 Å². The van der Waals surface area contributed by atoms with E-state index in [0.29, 0.717) is 12.6 Å². The summed E-state index contributed by atoms with van der Waals surface area (Å²) in [6, 6.07) is 2.35. The van der Waals surface area contributed by atoms with E-state index in [1.165, 1.54) is 4.88 Å². The molecule has 76 valence electrons. The highest BCUT2D eigenvalue weighted by atomic mass is 32.2. The first-order valence-electron chi connectivity index (χ1n) is 4.67. The predicted octanol–water partition coefficient (Wildman–Crippen LogP) is 3.03. The van der Waals surface area contributed by atoms with E-state index in [-0.39, 0.29) is 0 Å². The Morgan fingerprint density at radius 3 is 3.29 bits per heavy atom. The number of hydrogen-bond acceptors (Lipinski definition) is 4. The third kappa shape index (κ3) is 1.81. The topological polar surface area (TPSA) is 21.6 Å². The van der Waals surface area contributed by atoms with Gasteiger partial charge in [-0.1, -0.05) is 6.92 Å². The summed E-state index contributed by atoms with van der Waals surface area (Å²) in [5.74, 6) is 0.999. The molecule has 1 aliphatic rings. The van der Waals surface area contributed by atoms with Gasteiger partial charge in [0.25, 0.3) is 0 Å². The molecule has 0 saturated heterocycles. The molecule has 2 nitrogen and oxygen atoms in total. The number of fused-ring (bicyclic) bond motifs is 1. The van der Waals surface area contributed by atoms with E-state index in [1.807, 2.05) is 6.07 Å². The summed E-state index contributed by atoms with van der Waals surface area (Å²) in [6.45, 7) is 2.86. The minimum absolute atomic E-state index is 0.317. The maximum atomic E-state index is 5.71. The lowest BCUT2D eigenvalue weighted by Gasteiger charge is -2.07. The fourth-order valence-electron chi connectivity index (χ4n) is 1.37. The molecule has 2 rings (SSSR count). The van der Waals surface area contributed by atoms with Crippen LogP contribution in [0.2, 0.25) is 0 Å². The molecule has 1 unspecified atom stereocenters. The van der Waals surface area contributed by atoms with Gasteiger partial charge >= 0.3 is 0 Å². The average molecular weight is 227 g/mol. The van der Waals surface area contributed by atoms with E-state index in [1.54, 1.807) is 23.1 Å². The smallest absolute Gasteiger partial charge is 0.140 e. The molecule has 0 fully saturated rings. The van der Waals surface area contributed by atoms with Gasteiger partial charge in [-0.05, 0) is 24.1 Å². The molecule has 14 heavy (non-hydrogen) atoms. The SMILES string of the molecule is CCC1COc2ccsc2C(SC)=N1. The van der Waals surface area contributed by atoms with Crippen molar-refractivity contribution >= 4 is 28.1 Å². The summed E-state index contributed by atoms with van der Waals surface area (Å²) >= 11 is 3.41. The lowest BCUT2D eigenvalue weighted by Crippen LogP contribution is -2.13. The van der Waals surface area contributed by atoms with E-state index in [9.17, 15) is 0 Å². The summed E-state index contributed by atoms with van der Waals surface area (Å²) < 4.78 is 5.71. The van der Waals surface area contributed by atoms with Crippen molar-refractivity contribution in [1.82, 2.24) is 0 Å². The van der Waals surface area contributed by atoms with Crippen molar-refractivity contribution in [3.05, 3.63) is 16.3 Å². The van der Waals surface area contributed by atoms with Gasteiger partial charge in [0.05, 0.1) is 6.04 Å². The third-order valence-electron chi connectivity index (χ3n) is 2.22. The monoisotopic (exact) mass is 227 g/mol. The number of thiophene rings is 1. The van der Waals surface area contributed by atoms with Crippen LogP contribution in [0.4, 0.5) is 0 Å². The molecule has 0 N–H and O–H groups in total. The molecule has 4 heteroatoms. The molecule has 0 spiro atoms. The molecule has 0 amide bonds. The van der Waals surface area contributed by atoms with Crippen LogP contribution in [0.5, 0.6) is 5.75 Å². The lowest BCUT2D eigenvalue weighted by molar-refractivity contribution is 0.290. The van der Waals surface area contributed by atoms with Gasteiger partial charge in [-0.15, -0.1) is 23.1 Å². The number of aliphatic imine (C=N–C) groups is 1. The highest BCUT2D eigenvalue weighted by Gasteiger charge is 2.18. The molecule has 1 aliphatic heterocycles. The number of rotatable bonds is 1. The highest BCUT2D eigenvalue weighted by molar-refractivity contribution is 8.14. The average Bonchev–Trinajstić information content (AvgIpc) is 2.61. The third-order valence-corrected chi connectivity index (χ3v) is 3.95. The molecule has 1 aromatic rings. The summed E-state index contributed by atoms with van der Waals surface area (Å²) in [5.41, 5.74) is 0. The Morgan fingerprint density at radius 2 is 2.57 bits per heavy atom. The second-order valence-corrected chi connectivity index (χ2v) is 4.84. The molecule has 0 aromatic carbocycles. The normalized spacial score (nSPS) is 20.7. The summed E-state index contributed by atoms with van der Waals surface area (Å²) in [5, 5.41) is 3.18. The molecule has 1 atom stereocenters. The van der Waals surface area contributed by atoms with Crippen molar-refractivity contribution in [3.63, 3.8) is 0 Å². The van der Waals surface area contributed by atoms with Gasteiger partial charge in [0.1, 0.15) is 22.3 Å². The van der Waals surface area contributed by atoms with Crippen molar-refractivity contribution in [2.24, 2.45) is 4.99 Å². The van der Waals surface area contributed by atoms with Crippen LogP contribution >= 0.6 is 23.1 Å². The Bertz CT molecular complexity index is 346. The lowest BCUT2D eigenvalue weighted by atomic mass is 10.2. The number of thioether (sulfide) groups is 1. The second-order valence-electron chi connectivity index (χ2n) is 3.13. The fourth-order valence-corrected chi connectivity index (χ4v) is 3.03. The van der Waals surface area contributed by atoms with Gasteiger partial charge in [-0.2, -0.15) is 0 Å². The molecule has 0 bridgehead atoms. The molecule has 0 aliphatic carbocycles. The molecular weight excluding hydrogens is 214 g/mol. The summed E-state index contributed by atoms with van der Waals surface area (Å²) in [7, 11) is 0. The van der Waals surface area contributed by atoms with Gasteiger partial charge in [-0.3, -0.25) is 4.99 Å². The van der Waals surface area contributed by atoms with Crippen molar-refractivity contribution in [1.29, 1.82) is 0 Å². The zero-order valence-electron chi connectivity index (χ0n) is 8.32. The van der Waals surface area contributed by atoms with Gasteiger partial charge < -0.3 is 4.74 Å². The number of nitrogens with zero attached hydrogens (tertiary/aromatic N) is 1. The maximum Gasteiger partial charge on any atom is 0.140 e. The van der Waals surface area contributed by atoms with E-state index < -0.39 is 0 Å². The van der Waals surface area contributed by atoms with Crippen LogP contribution in [0.25, 0.3) is 0 Å². The number of hydrogen-bond donors (Lipinski definition) is 0. The fraction of sp³-hybridized carbons (Fsp3) is 0.500.